The van der Waals surface area contributed by atoms with Crippen LogP contribution < -0.4 is 0 Å². The summed E-state index contributed by atoms with van der Waals surface area (Å²) in [7, 11) is 2.61. The summed E-state index contributed by atoms with van der Waals surface area (Å²) < 4.78 is 16.0. The van der Waals surface area contributed by atoms with Gasteiger partial charge in [-0.15, -0.1) is 0 Å². The molecule has 0 aromatic heterocycles. The maximum absolute atomic E-state index is 5.34. The molecule has 0 fully saturated rings. The minimum atomic E-state index is -2.35. The lowest BCUT2D eigenvalue weighted by Gasteiger charge is -2.27. The lowest BCUT2D eigenvalue weighted by Crippen LogP contribution is -2.45. The first-order valence-corrected chi connectivity index (χ1v) is 6.99. The quantitative estimate of drug-likeness (QED) is 0.576. The molecule has 0 rings (SSSR count). The van der Waals surface area contributed by atoms with Crippen molar-refractivity contribution in [3.63, 3.8) is 0 Å². The number of nitrogens with zero attached hydrogens (tertiary/aromatic N) is 1. The van der Waals surface area contributed by atoms with Gasteiger partial charge in [0.2, 0.25) is 0 Å². The average Bonchev–Trinajstić information content (AvgIpc) is 2.26. The van der Waals surface area contributed by atoms with Crippen molar-refractivity contribution in [3.05, 3.63) is 0 Å². The molecule has 0 radical (unpaired) electrons. The topological polar surface area (TPSA) is 30.9 Å². The molecule has 0 atom stereocenters. The van der Waals surface area contributed by atoms with E-state index in [1.807, 2.05) is 0 Å². The van der Waals surface area contributed by atoms with Crippen LogP contribution in [0, 0.1) is 0 Å². The Kier molecular flexibility index (Phi) is 7.39. The van der Waals surface area contributed by atoms with E-state index in [4.69, 9.17) is 13.3 Å². The second-order valence-electron chi connectivity index (χ2n) is 3.07. The molecule has 0 saturated carbocycles. The smallest absolute Gasteiger partial charge is 0.377 e. The zero-order valence-electron chi connectivity index (χ0n) is 10.0. The van der Waals surface area contributed by atoms with Crippen molar-refractivity contribution in [3.8, 4) is 0 Å². The van der Waals surface area contributed by atoms with Crippen LogP contribution in [0.5, 0.6) is 0 Å². The molecular weight excluding hydrogens is 198 g/mol. The first-order valence-electron chi connectivity index (χ1n) is 5.05. The Labute approximate surface area is 88.5 Å². The molecular formula is C9H23NO3Si. The van der Waals surface area contributed by atoms with E-state index >= 15 is 0 Å². The molecule has 0 heterocycles. The molecule has 0 bridgehead atoms. The summed E-state index contributed by atoms with van der Waals surface area (Å²) in [6, 6.07) is 0.845. The van der Waals surface area contributed by atoms with Crippen LogP contribution in [-0.2, 0) is 13.3 Å². The van der Waals surface area contributed by atoms with E-state index in [0.29, 0.717) is 0 Å². The van der Waals surface area contributed by atoms with E-state index in [2.05, 4.69) is 18.7 Å². The Balaban J connectivity index is 4.04. The fourth-order valence-corrected chi connectivity index (χ4v) is 3.09. The van der Waals surface area contributed by atoms with Gasteiger partial charge in [-0.2, -0.15) is 0 Å². The summed E-state index contributed by atoms with van der Waals surface area (Å²) in [5.74, 6) is 0. The molecule has 5 heteroatoms. The number of hydrogen-bond acceptors (Lipinski definition) is 4. The van der Waals surface area contributed by atoms with Crippen LogP contribution in [-0.4, -0.2) is 54.7 Å². The SMILES string of the molecule is CCN(CC)CC[Si](OC)(OC)OC. The van der Waals surface area contributed by atoms with Crippen LogP contribution in [0.2, 0.25) is 6.04 Å². The van der Waals surface area contributed by atoms with E-state index in [1.165, 1.54) is 0 Å². The third-order valence-electron chi connectivity index (χ3n) is 2.56. The molecule has 0 N–H and O–H groups in total. The van der Waals surface area contributed by atoms with Crippen molar-refractivity contribution >= 4 is 8.80 Å². The third kappa shape index (κ3) is 4.06. The Hall–Kier alpha value is 0.0569. The molecule has 14 heavy (non-hydrogen) atoms. The van der Waals surface area contributed by atoms with Crippen molar-refractivity contribution < 1.29 is 13.3 Å². The molecule has 0 aromatic rings. The summed E-state index contributed by atoms with van der Waals surface area (Å²) in [6.45, 7) is 7.38. The van der Waals surface area contributed by atoms with Crippen LogP contribution in [0.25, 0.3) is 0 Å². The summed E-state index contributed by atoms with van der Waals surface area (Å²) in [4.78, 5) is 2.33. The Morgan fingerprint density at radius 1 is 0.929 bits per heavy atom. The second-order valence-corrected chi connectivity index (χ2v) is 6.16. The van der Waals surface area contributed by atoms with Gasteiger partial charge < -0.3 is 18.2 Å². The Morgan fingerprint density at radius 3 is 1.64 bits per heavy atom. The fourth-order valence-electron chi connectivity index (χ4n) is 1.39. The van der Waals surface area contributed by atoms with Crippen molar-refractivity contribution in [2.75, 3.05) is 41.0 Å². The van der Waals surface area contributed by atoms with E-state index in [0.717, 1.165) is 25.7 Å². The van der Waals surface area contributed by atoms with Gasteiger partial charge in [-0.25, -0.2) is 0 Å². The summed E-state index contributed by atoms with van der Waals surface area (Å²) in [6.07, 6.45) is 0. The maximum atomic E-state index is 5.34. The monoisotopic (exact) mass is 221 g/mol. The molecule has 0 aliphatic carbocycles. The van der Waals surface area contributed by atoms with Crippen LogP contribution in [0.4, 0.5) is 0 Å². The van der Waals surface area contributed by atoms with Gasteiger partial charge in [0.15, 0.2) is 0 Å². The summed E-state index contributed by atoms with van der Waals surface area (Å²) >= 11 is 0. The van der Waals surface area contributed by atoms with Gasteiger partial charge in [0, 0.05) is 33.9 Å². The molecule has 86 valence electrons. The van der Waals surface area contributed by atoms with Gasteiger partial charge in [0.05, 0.1) is 0 Å². The van der Waals surface area contributed by atoms with Crippen molar-refractivity contribution in [1.29, 1.82) is 0 Å². The van der Waals surface area contributed by atoms with Crippen LogP contribution in [0.1, 0.15) is 13.8 Å². The van der Waals surface area contributed by atoms with E-state index in [-0.39, 0.29) is 0 Å². The molecule has 0 spiro atoms. The maximum Gasteiger partial charge on any atom is 0.501 e. The average molecular weight is 221 g/mol. The second kappa shape index (κ2) is 7.36. The van der Waals surface area contributed by atoms with Crippen LogP contribution in [0.3, 0.4) is 0 Å². The fraction of sp³-hybridized carbons (Fsp3) is 1.00. The standard InChI is InChI=1S/C9H23NO3Si/c1-6-10(7-2)8-9-14(11-3,12-4)13-5/h6-9H2,1-5H3. The molecule has 4 nitrogen and oxygen atoms in total. The highest BCUT2D eigenvalue weighted by Crippen LogP contribution is 2.12. The molecule has 0 saturated heterocycles. The molecule has 0 unspecified atom stereocenters. The minimum Gasteiger partial charge on any atom is -0.377 e. The zero-order valence-corrected chi connectivity index (χ0v) is 11.0. The minimum absolute atomic E-state index is 0.845. The van der Waals surface area contributed by atoms with Crippen LogP contribution >= 0.6 is 0 Å². The lowest BCUT2D eigenvalue weighted by molar-refractivity contribution is 0.119. The predicted octanol–water partition coefficient (Wildman–Crippen LogP) is 1.21. The van der Waals surface area contributed by atoms with E-state index in [9.17, 15) is 0 Å². The van der Waals surface area contributed by atoms with E-state index in [1.54, 1.807) is 21.3 Å². The van der Waals surface area contributed by atoms with Crippen molar-refractivity contribution in [2.24, 2.45) is 0 Å². The Bertz CT molecular complexity index is 130. The predicted molar refractivity (Wildman–Crippen MR) is 59.4 cm³/mol. The van der Waals surface area contributed by atoms with Crippen LogP contribution in [0.15, 0.2) is 0 Å². The number of rotatable bonds is 8. The molecule has 0 aliphatic heterocycles. The molecule has 0 aromatic carbocycles. The van der Waals surface area contributed by atoms with Gasteiger partial charge in [-0.1, -0.05) is 13.8 Å². The normalized spacial score (nSPS) is 12.4. The van der Waals surface area contributed by atoms with Gasteiger partial charge in [-0.3, -0.25) is 0 Å². The molecule has 0 aliphatic rings. The van der Waals surface area contributed by atoms with E-state index < -0.39 is 8.80 Å². The number of hydrogen-bond donors (Lipinski definition) is 0. The first-order chi connectivity index (χ1) is 6.67. The molecule has 0 amide bonds. The summed E-state index contributed by atoms with van der Waals surface area (Å²) in [5, 5.41) is 0. The summed E-state index contributed by atoms with van der Waals surface area (Å²) in [5.41, 5.74) is 0. The highest BCUT2D eigenvalue weighted by molar-refractivity contribution is 6.60. The van der Waals surface area contributed by atoms with Crippen molar-refractivity contribution in [2.45, 2.75) is 19.9 Å². The van der Waals surface area contributed by atoms with Gasteiger partial charge in [-0.05, 0) is 13.1 Å². The third-order valence-corrected chi connectivity index (χ3v) is 5.26. The Morgan fingerprint density at radius 2 is 1.36 bits per heavy atom. The zero-order chi connectivity index (χ0) is 11.0. The highest BCUT2D eigenvalue weighted by Gasteiger charge is 2.37. The van der Waals surface area contributed by atoms with Gasteiger partial charge in [0.1, 0.15) is 0 Å². The largest absolute Gasteiger partial charge is 0.501 e. The van der Waals surface area contributed by atoms with Gasteiger partial charge >= 0.3 is 8.80 Å². The van der Waals surface area contributed by atoms with Crippen molar-refractivity contribution in [1.82, 2.24) is 4.90 Å². The first kappa shape index (κ1) is 14.1. The highest BCUT2D eigenvalue weighted by atomic mass is 28.4. The lowest BCUT2D eigenvalue weighted by atomic mass is 10.5. The van der Waals surface area contributed by atoms with Gasteiger partial charge in [0.25, 0.3) is 0 Å².